The molecule has 1 nitrogen and oxygen atoms in total. The van der Waals surface area contributed by atoms with Crippen LogP contribution >= 0.6 is 0 Å². The van der Waals surface area contributed by atoms with Crippen LogP contribution in [0.25, 0.3) is 0 Å². The fraction of sp³-hybridized carbons (Fsp3) is 0.571. The lowest BCUT2D eigenvalue weighted by molar-refractivity contribution is 0.649. The van der Waals surface area contributed by atoms with Gasteiger partial charge in [-0.05, 0) is 31.5 Å². The monoisotopic (exact) mass is 204 g/mol. The van der Waals surface area contributed by atoms with Gasteiger partial charge in [-0.2, -0.15) is 0 Å². The highest BCUT2D eigenvalue weighted by Gasteiger charge is 2.01. The van der Waals surface area contributed by atoms with Crippen molar-refractivity contribution in [2.45, 2.75) is 39.5 Å². The molecule has 0 unspecified atom stereocenters. The van der Waals surface area contributed by atoms with Crippen molar-refractivity contribution in [3.05, 3.63) is 30.3 Å². The third-order valence-corrected chi connectivity index (χ3v) is 2.73. The van der Waals surface area contributed by atoms with E-state index in [2.05, 4.69) is 36.9 Å². The van der Waals surface area contributed by atoms with E-state index in [0.29, 0.717) is 0 Å². The van der Waals surface area contributed by atoms with Crippen LogP contribution in [0.4, 0.5) is 5.69 Å². The van der Waals surface area contributed by atoms with Crippen molar-refractivity contribution in [1.82, 2.24) is 0 Å². The van der Waals surface area contributed by atoms with Crippen LogP contribution in [-0.4, -0.2) is 13.1 Å². The van der Waals surface area contributed by atoms with Crippen LogP contribution in [0.1, 0.15) is 39.5 Å². The topological polar surface area (TPSA) is 3.24 Å². The molecule has 0 aliphatic heterocycles. The minimum atomic E-state index is 1.09. The van der Waals surface area contributed by atoms with Crippen LogP contribution in [0.5, 0.6) is 0 Å². The van der Waals surface area contributed by atoms with Gasteiger partial charge in [-0.15, -0.1) is 0 Å². The van der Waals surface area contributed by atoms with Crippen LogP contribution in [0, 0.1) is 6.07 Å². The fourth-order valence-corrected chi connectivity index (χ4v) is 1.79. The predicted molar refractivity (Wildman–Crippen MR) is 67.3 cm³/mol. The van der Waals surface area contributed by atoms with E-state index >= 15 is 0 Å². The third kappa shape index (κ3) is 4.37. The summed E-state index contributed by atoms with van der Waals surface area (Å²) in [6.07, 6.45) is 5.33. The molecule has 0 heterocycles. The molecular weight excluding hydrogens is 182 g/mol. The fourth-order valence-electron chi connectivity index (χ4n) is 1.79. The summed E-state index contributed by atoms with van der Waals surface area (Å²) in [6.45, 7) is 6.75. The smallest absolute Gasteiger partial charge is 0.0366 e. The molecular formula is C14H22N. The lowest BCUT2D eigenvalue weighted by Gasteiger charge is -2.22. The SMILES string of the molecule is CCCCCCN(CC)c1cc[c]cc1. The molecule has 83 valence electrons. The van der Waals surface area contributed by atoms with E-state index in [1.54, 1.807) is 0 Å². The summed E-state index contributed by atoms with van der Waals surface area (Å²) in [5, 5.41) is 0. The van der Waals surface area contributed by atoms with E-state index in [0.717, 1.165) is 6.54 Å². The number of benzene rings is 1. The average Bonchev–Trinajstić information content (AvgIpc) is 2.30. The molecule has 0 atom stereocenters. The Labute approximate surface area is 94.1 Å². The minimum Gasteiger partial charge on any atom is -0.372 e. The van der Waals surface area contributed by atoms with Crippen LogP contribution in [0.15, 0.2) is 24.3 Å². The molecule has 1 aromatic carbocycles. The van der Waals surface area contributed by atoms with Gasteiger partial charge < -0.3 is 4.90 Å². The molecule has 0 aromatic heterocycles. The Bertz CT molecular complexity index is 243. The molecule has 15 heavy (non-hydrogen) atoms. The summed E-state index contributed by atoms with van der Waals surface area (Å²) in [4.78, 5) is 2.43. The molecule has 0 aliphatic carbocycles. The molecule has 1 radical (unpaired) electrons. The summed E-state index contributed by atoms with van der Waals surface area (Å²) in [5.41, 5.74) is 1.33. The molecule has 0 amide bonds. The maximum Gasteiger partial charge on any atom is 0.0366 e. The summed E-state index contributed by atoms with van der Waals surface area (Å²) in [5.74, 6) is 0. The van der Waals surface area contributed by atoms with Crippen LogP contribution < -0.4 is 4.90 Å². The zero-order valence-electron chi connectivity index (χ0n) is 10.00. The van der Waals surface area contributed by atoms with Gasteiger partial charge in [-0.25, -0.2) is 0 Å². The summed E-state index contributed by atoms with van der Waals surface area (Å²) in [7, 11) is 0. The van der Waals surface area contributed by atoms with Crippen molar-refractivity contribution in [2.24, 2.45) is 0 Å². The first kappa shape index (κ1) is 12.1. The van der Waals surface area contributed by atoms with E-state index in [-0.39, 0.29) is 0 Å². The Kier molecular flexibility index (Phi) is 5.91. The summed E-state index contributed by atoms with van der Waals surface area (Å²) in [6, 6.07) is 11.3. The minimum absolute atomic E-state index is 1.09. The Morgan fingerprint density at radius 2 is 1.80 bits per heavy atom. The van der Waals surface area contributed by atoms with Gasteiger partial charge in [-0.1, -0.05) is 38.3 Å². The Hall–Kier alpha value is -0.980. The first-order chi connectivity index (χ1) is 7.38. The van der Waals surface area contributed by atoms with Crippen molar-refractivity contribution in [1.29, 1.82) is 0 Å². The van der Waals surface area contributed by atoms with Gasteiger partial charge in [0.05, 0.1) is 0 Å². The summed E-state index contributed by atoms with van der Waals surface area (Å²) >= 11 is 0. The van der Waals surface area contributed by atoms with Crippen molar-refractivity contribution in [3.8, 4) is 0 Å². The number of hydrogen-bond donors (Lipinski definition) is 0. The second kappa shape index (κ2) is 7.33. The zero-order chi connectivity index (χ0) is 10.9. The number of anilines is 1. The van der Waals surface area contributed by atoms with E-state index < -0.39 is 0 Å². The Balaban J connectivity index is 2.36. The van der Waals surface area contributed by atoms with Crippen molar-refractivity contribution < 1.29 is 0 Å². The van der Waals surface area contributed by atoms with E-state index in [4.69, 9.17) is 0 Å². The van der Waals surface area contributed by atoms with Crippen molar-refractivity contribution in [2.75, 3.05) is 18.0 Å². The quantitative estimate of drug-likeness (QED) is 0.609. The third-order valence-electron chi connectivity index (χ3n) is 2.73. The van der Waals surface area contributed by atoms with Crippen molar-refractivity contribution >= 4 is 5.69 Å². The molecule has 1 aromatic rings. The number of unbranched alkanes of at least 4 members (excludes halogenated alkanes) is 3. The van der Waals surface area contributed by atoms with E-state index in [9.17, 15) is 0 Å². The molecule has 0 saturated heterocycles. The van der Waals surface area contributed by atoms with Gasteiger partial charge in [0, 0.05) is 18.8 Å². The number of nitrogens with zero attached hydrogens (tertiary/aromatic N) is 1. The van der Waals surface area contributed by atoms with Crippen molar-refractivity contribution in [3.63, 3.8) is 0 Å². The zero-order valence-corrected chi connectivity index (χ0v) is 10.00. The average molecular weight is 204 g/mol. The second-order valence-electron chi connectivity index (χ2n) is 3.90. The van der Waals surface area contributed by atoms with Gasteiger partial charge in [-0.3, -0.25) is 0 Å². The van der Waals surface area contributed by atoms with E-state index in [1.165, 1.54) is 37.9 Å². The van der Waals surface area contributed by atoms with Gasteiger partial charge in [0.2, 0.25) is 0 Å². The molecule has 0 bridgehead atoms. The lowest BCUT2D eigenvalue weighted by atomic mass is 10.2. The molecule has 0 fully saturated rings. The second-order valence-corrected chi connectivity index (χ2v) is 3.90. The van der Waals surface area contributed by atoms with Gasteiger partial charge in [0.25, 0.3) is 0 Å². The highest BCUT2D eigenvalue weighted by atomic mass is 15.1. The molecule has 0 spiro atoms. The predicted octanol–water partition coefficient (Wildman–Crippen LogP) is 3.89. The Morgan fingerprint density at radius 1 is 1.07 bits per heavy atom. The van der Waals surface area contributed by atoms with Crippen LogP contribution in [-0.2, 0) is 0 Å². The molecule has 0 aliphatic rings. The molecule has 0 saturated carbocycles. The van der Waals surface area contributed by atoms with Gasteiger partial charge in [0.15, 0.2) is 0 Å². The number of hydrogen-bond acceptors (Lipinski definition) is 1. The standard InChI is InChI=1S/C14H22N/c1-3-5-6-10-13-15(4-2)14-11-8-7-9-12-14/h8-9,11-12H,3-6,10,13H2,1-2H3. The molecule has 0 N–H and O–H groups in total. The van der Waals surface area contributed by atoms with Gasteiger partial charge >= 0.3 is 0 Å². The van der Waals surface area contributed by atoms with Crippen LogP contribution in [0.2, 0.25) is 0 Å². The lowest BCUT2D eigenvalue weighted by Crippen LogP contribution is -2.23. The Morgan fingerprint density at radius 3 is 2.40 bits per heavy atom. The first-order valence-electron chi connectivity index (χ1n) is 6.09. The maximum absolute atomic E-state index is 3.06. The number of rotatable bonds is 7. The van der Waals surface area contributed by atoms with E-state index in [1.807, 2.05) is 12.1 Å². The highest BCUT2D eigenvalue weighted by molar-refractivity contribution is 5.45. The summed E-state index contributed by atoms with van der Waals surface area (Å²) < 4.78 is 0. The molecule has 1 rings (SSSR count). The largest absolute Gasteiger partial charge is 0.372 e. The molecule has 1 heteroatoms. The van der Waals surface area contributed by atoms with Crippen LogP contribution in [0.3, 0.4) is 0 Å². The normalized spacial score (nSPS) is 10.3. The maximum atomic E-state index is 3.06. The van der Waals surface area contributed by atoms with Gasteiger partial charge in [0.1, 0.15) is 0 Å². The highest BCUT2D eigenvalue weighted by Crippen LogP contribution is 2.13. The first-order valence-corrected chi connectivity index (χ1v) is 6.09.